The summed E-state index contributed by atoms with van der Waals surface area (Å²) in [6.45, 7) is 0. The van der Waals surface area contributed by atoms with Crippen molar-refractivity contribution in [1.29, 1.82) is 0 Å². The van der Waals surface area contributed by atoms with Gasteiger partial charge in [-0.3, -0.25) is 0 Å². The van der Waals surface area contributed by atoms with Gasteiger partial charge >= 0.3 is 0 Å². The van der Waals surface area contributed by atoms with Crippen molar-refractivity contribution in [3.63, 3.8) is 0 Å². The minimum Gasteiger partial charge on any atom is -0.456 e. The quantitative estimate of drug-likeness (QED) is 0.166. The number of nitrogens with zero attached hydrogens (tertiary/aromatic N) is 1. The standard InChI is InChI=1S/C58H37NOS/c1-3-13-38(14-4-1)39-25-29-44(30-26-39)59(45-31-27-41(28-32-45)48-21-11-22-51-50-19-9-10-24-56(50)61-58(48)51)46-33-34-49-52-35-42-17-7-8-18-43(42)36-53(52)57-47(40-15-5-2-6-16-40)20-12-23-54(57)60-55(49)37-46/h1-37H. The highest BCUT2D eigenvalue weighted by molar-refractivity contribution is 7.26. The number of thiophene rings is 1. The van der Waals surface area contributed by atoms with Crippen molar-refractivity contribution in [2.45, 2.75) is 0 Å². The van der Waals surface area contributed by atoms with E-state index in [1.165, 1.54) is 53.2 Å². The zero-order chi connectivity index (χ0) is 40.3. The lowest BCUT2D eigenvalue weighted by molar-refractivity contribution is 0.488. The fourth-order valence-electron chi connectivity index (χ4n) is 9.14. The molecule has 0 saturated carbocycles. The summed E-state index contributed by atoms with van der Waals surface area (Å²) >= 11 is 1.87. The minimum atomic E-state index is 0.817. The highest BCUT2D eigenvalue weighted by atomic mass is 32.1. The van der Waals surface area contributed by atoms with Crippen LogP contribution >= 0.6 is 11.3 Å². The number of hydrogen-bond donors (Lipinski definition) is 0. The lowest BCUT2D eigenvalue weighted by atomic mass is 9.87. The Morgan fingerprint density at radius 2 is 0.885 bits per heavy atom. The fourth-order valence-corrected chi connectivity index (χ4v) is 10.4. The number of benzene rings is 10. The van der Waals surface area contributed by atoms with Crippen LogP contribution in [0.3, 0.4) is 0 Å². The van der Waals surface area contributed by atoms with E-state index in [0.717, 1.165) is 61.9 Å². The van der Waals surface area contributed by atoms with Gasteiger partial charge in [-0.05, 0) is 116 Å². The number of hydrogen-bond acceptors (Lipinski definition) is 3. The first-order valence-electron chi connectivity index (χ1n) is 20.7. The van der Waals surface area contributed by atoms with Gasteiger partial charge < -0.3 is 9.64 Å². The van der Waals surface area contributed by atoms with E-state index in [9.17, 15) is 0 Å². The van der Waals surface area contributed by atoms with Crippen molar-refractivity contribution in [3.05, 3.63) is 224 Å². The molecule has 0 radical (unpaired) electrons. The molecule has 12 rings (SSSR count). The average molecular weight is 796 g/mol. The topological polar surface area (TPSA) is 12.5 Å². The van der Waals surface area contributed by atoms with E-state index in [2.05, 4.69) is 229 Å². The average Bonchev–Trinajstić information content (AvgIpc) is 3.65. The highest BCUT2D eigenvalue weighted by Crippen LogP contribution is 2.53. The van der Waals surface area contributed by atoms with E-state index in [1.807, 2.05) is 11.3 Å². The van der Waals surface area contributed by atoms with E-state index >= 15 is 0 Å². The molecule has 1 aromatic heterocycles. The second kappa shape index (κ2) is 14.5. The summed E-state index contributed by atoms with van der Waals surface area (Å²) in [5, 5.41) is 5.02. The van der Waals surface area contributed by atoms with Gasteiger partial charge in [-0.2, -0.15) is 0 Å². The Morgan fingerprint density at radius 1 is 0.328 bits per heavy atom. The summed E-state index contributed by atoms with van der Waals surface area (Å²) in [4.78, 5) is 2.34. The lowest BCUT2D eigenvalue weighted by Gasteiger charge is -2.27. The first-order chi connectivity index (χ1) is 30.2. The van der Waals surface area contributed by atoms with E-state index < -0.39 is 0 Å². The molecule has 10 aromatic carbocycles. The number of rotatable bonds is 6. The van der Waals surface area contributed by atoms with E-state index in [4.69, 9.17) is 4.74 Å². The highest BCUT2D eigenvalue weighted by Gasteiger charge is 2.26. The van der Waals surface area contributed by atoms with Gasteiger partial charge in [0, 0.05) is 54.4 Å². The normalized spacial score (nSPS) is 11.7. The molecule has 11 aromatic rings. The molecule has 0 fully saturated rings. The molecule has 0 amide bonds. The number of fused-ring (bicyclic) bond motifs is 9. The first-order valence-corrected chi connectivity index (χ1v) is 21.6. The molecule has 2 heterocycles. The van der Waals surface area contributed by atoms with Crippen LogP contribution in [-0.2, 0) is 0 Å². The van der Waals surface area contributed by atoms with Crippen LogP contribution in [0, 0.1) is 0 Å². The molecular formula is C58H37NOS. The smallest absolute Gasteiger partial charge is 0.137 e. The molecule has 2 nitrogen and oxygen atoms in total. The maximum atomic E-state index is 7.13. The molecular weight excluding hydrogens is 759 g/mol. The van der Waals surface area contributed by atoms with E-state index in [1.54, 1.807) is 0 Å². The monoisotopic (exact) mass is 795 g/mol. The zero-order valence-electron chi connectivity index (χ0n) is 33.1. The van der Waals surface area contributed by atoms with Crippen LogP contribution in [0.15, 0.2) is 224 Å². The molecule has 61 heavy (non-hydrogen) atoms. The van der Waals surface area contributed by atoms with Crippen LogP contribution in [0.1, 0.15) is 0 Å². The molecule has 286 valence electrons. The Labute approximate surface area is 358 Å². The molecule has 0 bridgehead atoms. The number of ether oxygens (including phenoxy) is 1. The number of anilines is 3. The Balaban J connectivity index is 1.02. The van der Waals surface area contributed by atoms with Gasteiger partial charge in [-0.15, -0.1) is 11.3 Å². The van der Waals surface area contributed by atoms with Crippen molar-refractivity contribution in [1.82, 2.24) is 0 Å². The second-order valence-electron chi connectivity index (χ2n) is 15.6. The third kappa shape index (κ3) is 6.09. The van der Waals surface area contributed by atoms with Crippen LogP contribution in [0.4, 0.5) is 17.1 Å². The third-order valence-electron chi connectivity index (χ3n) is 12.1. The third-order valence-corrected chi connectivity index (χ3v) is 13.3. The molecule has 0 N–H and O–H groups in total. The van der Waals surface area contributed by atoms with Crippen LogP contribution in [0.5, 0.6) is 11.5 Å². The largest absolute Gasteiger partial charge is 0.456 e. The van der Waals surface area contributed by atoms with E-state index in [0.29, 0.717) is 0 Å². The van der Waals surface area contributed by atoms with Gasteiger partial charge in [0.2, 0.25) is 0 Å². The fraction of sp³-hybridized carbons (Fsp3) is 0. The summed E-state index contributed by atoms with van der Waals surface area (Å²) < 4.78 is 9.76. The summed E-state index contributed by atoms with van der Waals surface area (Å²) in [7, 11) is 0. The van der Waals surface area contributed by atoms with Crippen LogP contribution < -0.4 is 9.64 Å². The molecule has 1 aliphatic rings. The predicted octanol–water partition coefficient (Wildman–Crippen LogP) is 17.1. The maximum absolute atomic E-state index is 7.13. The van der Waals surface area contributed by atoms with Gasteiger partial charge in [-0.1, -0.05) is 158 Å². The van der Waals surface area contributed by atoms with Crippen molar-refractivity contribution in [2.75, 3.05) is 4.90 Å². The Kier molecular flexibility index (Phi) is 8.39. The molecule has 0 saturated heterocycles. The van der Waals surface area contributed by atoms with Crippen LogP contribution in [0.25, 0.3) is 86.6 Å². The first kappa shape index (κ1) is 35.2. The Morgan fingerprint density at radius 3 is 1.64 bits per heavy atom. The van der Waals surface area contributed by atoms with Crippen molar-refractivity contribution in [2.24, 2.45) is 0 Å². The zero-order valence-corrected chi connectivity index (χ0v) is 33.9. The minimum absolute atomic E-state index is 0.817. The van der Waals surface area contributed by atoms with Crippen LogP contribution in [0.2, 0.25) is 0 Å². The van der Waals surface area contributed by atoms with Crippen LogP contribution in [-0.4, -0.2) is 0 Å². The molecule has 1 aliphatic heterocycles. The predicted molar refractivity (Wildman–Crippen MR) is 259 cm³/mol. The Hall–Kier alpha value is -7.72. The summed E-state index contributed by atoms with van der Waals surface area (Å²) in [6.07, 6.45) is 0. The van der Waals surface area contributed by atoms with Gasteiger partial charge in [0.25, 0.3) is 0 Å². The summed E-state index contributed by atoms with van der Waals surface area (Å²) in [5.41, 5.74) is 14.7. The van der Waals surface area contributed by atoms with Gasteiger partial charge in [-0.25, -0.2) is 0 Å². The molecule has 0 atom stereocenters. The second-order valence-corrected chi connectivity index (χ2v) is 16.7. The van der Waals surface area contributed by atoms with Gasteiger partial charge in [0.1, 0.15) is 11.5 Å². The maximum Gasteiger partial charge on any atom is 0.137 e. The van der Waals surface area contributed by atoms with Crippen molar-refractivity contribution < 1.29 is 4.74 Å². The van der Waals surface area contributed by atoms with E-state index in [-0.39, 0.29) is 0 Å². The van der Waals surface area contributed by atoms with Gasteiger partial charge in [0.15, 0.2) is 0 Å². The lowest BCUT2D eigenvalue weighted by Crippen LogP contribution is -2.10. The molecule has 3 heteroatoms. The van der Waals surface area contributed by atoms with Gasteiger partial charge in [0.05, 0.1) is 0 Å². The Bertz CT molecular complexity index is 3420. The summed E-state index contributed by atoms with van der Waals surface area (Å²) in [5.74, 6) is 1.66. The molecule has 0 unspecified atom stereocenters. The molecule has 0 spiro atoms. The SMILES string of the molecule is c1ccc(-c2ccc(N(c3ccc(-c4cccc5c4sc4ccccc45)cc3)c3ccc4c(c3)Oc3cccc(-c5ccccc5)c3-c3cc5ccccc5cc3-4)cc2)cc1. The summed E-state index contributed by atoms with van der Waals surface area (Å²) in [6, 6.07) is 81.0. The molecule has 0 aliphatic carbocycles. The van der Waals surface area contributed by atoms with Crippen molar-refractivity contribution in [3.8, 4) is 67.1 Å². The van der Waals surface area contributed by atoms with Crippen molar-refractivity contribution >= 4 is 59.3 Å².